The fourth-order valence-electron chi connectivity index (χ4n) is 3.57. The van der Waals surface area contributed by atoms with E-state index in [0.29, 0.717) is 11.2 Å². The molecule has 2 aromatic heterocycles. The van der Waals surface area contributed by atoms with Gasteiger partial charge in [-0.1, -0.05) is 27.7 Å². The van der Waals surface area contributed by atoms with Crippen molar-refractivity contribution in [2.75, 3.05) is 11.9 Å². The summed E-state index contributed by atoms with van der Waals surface area (Å²) in [4.78, 5) is 28.3. The fraction of sp³-hybridized carbons (Fsp3) is 0.619. The first kappa shape index (κ1) is 24.1. The Labute approximate surface area is 185 Å². The third-order valence-electron chi connectivity index (χ3n) is 5.75. The maximum atomic E-state index is 12.4. The van der Waals surface area contributed by atoms with Crippen molar-refractivity contribution in [3.8, 4) is 0 Å². The lowest BCUT2D eigenvalue weighted by atomic mass is 9.93. The summed E-state index contributed by atoms with van der Waals surface area (Å²) in [7, 11) is 0. The Morgan fingerprint density at radius 2 is 2.00 bits per heavy atom. The Balaban J connectivity index is 1.87. The van der Waals surface area contributed by atoms with Gasteiger partial charge in [-0.05, 0) is 25.0 Å². The molecular formula is C21H31N5O6. The maximum Gasteiger partial charge on any atom is 0.308 e. The van der Waals surface area contributed by atoms with Gasteiger partial charge in [-0.15, -0.1) is 0 Å². The summed E-state index contributed by atoms with van der Waals surface area (Å²) in [6.45, 7) is 8.50. The number of hydrogen-bond donors (Lipinski definition) is 4. The number of carbonyl (C=O) groups is 2. The van der Waals surface area contributed by atoms with Crippen molar-refractivity contribution in [3.05, 3.63) is 24.2 Å². The van der Waals surface area contributed by atoms with Crippen LogP contribution in [-0.2, 0) is 24.7 Å². The summed E-state index contributed by atoms with van der Waals surface area (Å²) in [6.07, 6.45) is -2.26. The van der Waals surface area contributed by atoms with Crippen LogP contribution in [0.3, 0.4) is 0 Å². The third kappa shape index (κ3) is 4.33. The molecule has 1 amide bonds. The van der Waals surface area contributed by atoms with Crippen LogP contribution in [0, 0.1) is 11.8 Å². The number of nitrogens with zero attached hydrogens (tertiary/aromatic N) is 3. The van der Waals surface area contributed by atoms with Gasteiger partial charge in [-0.25, -0.2) is 9.50 Å². The smallest absolute Gasteiger partial charge is 0.308 e. The number of fused-ring (bicyclic) bond motifs is 1. The molecular weight excluding hydrogens is 418 g/mol. The molecule has 0 aliphatic carbocycles. The highest BCUT2D eigenvalue weighted by molar-refractivity contribution is 5.97. The van der Waals surface area contributed by atoms with Crippen molar-refractivity contribution in [3.63, 3.8) is 0 Å². The number of aliphatic hydroxyl groups is 2. The van der Waals surface area contributed by atoms with E-state index in [1.54, 1.807) is 32.9 Å². The summed E-state index contributed by atoms with van der Waals surface area (Å²) >= 11 is 0. The summed E-state index contributed by atoms with van der Waals surface area (Å²) in [5, 5.41) is 28.2. The largest absolute Gasteiger partial charge is 0.463 e. The molecule has 32 heavy (non-hydrogen) atoms. The number of nitrogens with two attached hydrogens (primary N) is 1. The second kappa shape index (κ2) is 9.10. The van der Waals surface area contributed by atoms with Crippen molar-refractivity contribution in [2.45, 2.75) is 64.6 Å². The number of nitrogens with one attached hydrogen (secondary N) is 1. The normalized spacial score (nSPS) is 26.6. The van der Waals surface area contributed by atoms with Crippen LogP contribution in [0.1, 0.15) is 40.3 Å². The highest BCUT2D eigenvalue weighted by Gasteiger charge is 2.54. The van der Waals surface area contributed by atoms with Gasteiger partial charge >= 0.3 is 5.97 Å². The lowest BCUT2D eigenvalue weighted by Gasteiger charge is -2.27. The molecule has 0 saturated carbocycles. The van der Waals surface area contributed by atoms with Gasteiger partial charge in [-0.2, -0.15) is 5.10 Å². The van der Waals surface area contributed by atoms with Crippen LogP contribution in [0.25, 0.3) is 5.52 Å². The Morgan fingerprint density at radius 3 is 2.62 bits per heavy atom. The lowest BCUT2D eigenvalue weighted by Crippen LogP contribution is -2.40. The van der Waals surface area contributed by atoms with Crippen LogP contribution >= 0.6 is 0 Å². The fourth-order valence-corrected chi connectivity index (χ4v) is 3.57. The van der Waals surface area contributed by atoms with Crippen molar-refractivity contribution in [2.24, 2.45) is 17.6 Å². The standard InChI is InChI=1S/C21H31N5O6/c1-10(2)15(22)19(29)25-18-12-6-7-14(26(12)24-9-23-18)21(5)17(28)16(27)13(32-21)8-31-20(30)11(3)4/h6-7,9-11,13,15-17,27-28H,8,22H2,1-5H3,(H,23,24,25,29)/t13-,15+,16-,17-,21+/m1/s1. The Bertz CT molecular complexity index is 992. The first-order valence-electron chi connectivity index (χ1n) is 10.6. The minimum atomic E-state index is -1.36. The molecule has 3 heterocycles. The first-order chi connectivity index (χ1) is 15.0. The van der Waals surface area contributed by atoms with E-state index in [-0.39, 0.29) is 30.2 Å². The molecule has 3 rings (SSSR count). The molecule has 5 N–H and O–H groups in total. The number of rotatable bonds is 7. The highest BCUT2D eigenvalue weighted by Crippen LogP contribution is 2.40. The van der Waals surface area contributed by atoms with Crippen LogP contribution in [0.15, 0.2) is 18.5 Å². The molecule has 0 spiro atoms. The summed E-state index contributed by atoms with van der Waals surface area (Å²) < 4.78 is 12.6. The molecule has 0 radical (unpaired) electrons. The number of carbonyl (C=O) groups excluding carboxylic acids is 2. The first-order valence-corrected chi connectivity index (χ1v) is 10.6. The van der Waals surface area contributed by atoms with Crippen molar-refractivity contribution >= 4 is 23.2 Å². The zero-order chi connectivity index (χ0) is 23.8. The molecule has 0 aromatic carbocycles. The SMILES string of the molecule is CC(C)C(=O)OC[C@H]1O[C@@](C)(c2ccc3c(NC(=O)[C@@H](N)C(C)C)ncnn23)[C@H](O)[C@@H]1O. The van der Waals surface area contributed by atoms with Crippen molar-refractivity contribution in [1.29, 1.82) is 0 Å². The molecule has 0 unspecified atom stereocenters. The average molecular weight is 450 g/mol. The average Bonchev–Trinajstić information content (AvgIpc) is 3.28. The monoisotopic (exact) mass is 449 g/mol. The van der Waals surface area contributed by atoms with Crippen LogP contribution in [0.4, 0.5) is 5.82 Å². The Morgan fingerprint density at radius 1 is 1.31 bits per heavy atom. The van der Waals surface area contributed by atoms with E-state index >= 15 is 0 Å². The second-order valence-electron chi connectivity index (χ2n) is 8.87. The van der Waals surface area contributed by atoms with Gasteiger partial charge in [0.25, 0.3) is 0 Å². The summed E-state index contributed by atoms with van der Waals surface area (Å²) in [5.41, 5.74) is 5.46. The number of ether oxygens (including phenoxy) is 2. The number of anilines is 1. The van der Waals surface area contributed by atoms with E-state index in [1.807, 2.05) is 13.8 Å². The van der Waals surface area contributed by atoms with Gasteiger partial charge in [0, 0.05) is 0 Å². The molecule has 176 valence electrons. The van der Waals surface area contributed by atoms with Crippen LogP contribution < -0.4 is 11.1 Å². The summed E-state index contributed by atoms with van der Waals surface area (Å²) in [5.74, 6) is -0.932. The van der Waals surface area contributed by atoms with E-state index in [4.69, 9.17) is 15.2 Å². The number of hydrogen-bond acceptors (Lipinski definition) is 9. The maximum absolute atomic E-state index is 12.4. The number of amides is 1. The molecule has 1 fully saturated rings. The molecule has 5 atom stereocenters. The molecule has 2 aromatic rings. The van der Waals surface area contributed by atoms with Gasteiger partial charge in [0.1, 0.15) is 42.4 Å². The number of aliphatic hydroxyl groups excluding tert-OH is 2. The number of esters is 1. The minimum Gasteiger partial charge on any atom is -0.463 e. The van der Waals surface area contributed by atoms with Crippen molar-refractivity contribution < 1.29 is 29.3 Å². The third-order valence-corrected chi connectivity index (χ3v) is 5.75. The Kier molecular flexibility index (Phi) is 6.84. The van der Waals surface area contributed by atoms with Gasteiger partial charge in [0.05, 0.1) is 17.7 Å². The van der Waals surface area contributed by atoms with Crippen LogP contribution in [0.5, 0.6) is 0 Å². The zero-order valence-corrected chi connectivity index (χ0v) is 18.8. The van der Waals surface area contributed by atoms with Gasteiger partial charge < -0.3 is 30.7 Å². The molecule has 11 heteroatoms. The topological polar surface area (TPSA) is 161 Å². The van der Waals surface area contributed by atoms with E-state index in [2.05, 4.69) is 15.4 Å². The summed E-state index contributed by atoms with van der Waals surface area (Å²) in [6, 6.07) is 2.63. The molecule has 1 saturated heterocycles. The van der Waals surface area contributed by atoms with Crippen molar-refractivity contribution in [1.82, 2.24) is 14.6 Å². The lowest BCUT2D eigenvalue weighted by molar-refractivity contribution is -0.155. The van der Waals surface area contributed by atoms with E-state index < -0.39 is 35.9 Å². The van der Waals surface area contributed by atoms with Gasteiger partial charge in [0.2, 0.25) is 5.91 Å². The van der Waals surface area contributed by atoms with E-state index in [1.165, 1.54) is 10.8 Å². The van der Waals surface area contributed by atoms with Gasteiger partial charge in [0.15, 0.2) is 5.82 Å². The molecule has 11 nitrogen and oxygen atoms in total. The molecule has 0 bridgehead atoms. The predicted octanol–water partition coefficient (Wildman–Crippen LogP) is 0.186. The number of aromatic nitrogens is 3. The van der Waals surface area contributed by atoms with Crippen LogP contribution in [-0.4, -0.2) is 67.6 Å². The predicted molar refractivity (Wildman–Crippen MR) is 114 cm³/mol. The van der Waals surface area contributed by atoms with Crippen LogP contribution in [0.2, 0.25) is 0 Å². The van der Waals surface area contributed by atoms with Gasteiger partial charge in [-0.3, -0.25) is 9.59 Å². The quantitative estimate of drug-likeness (QED) is 0.432. The molecule has 1 aliphatic heterocycles. The Hall–Kier alpha value is -2.60. The zero-order valence-electron chi connectivity index (χ0n) is 18.8. The van der Waals surface area contributed by atoms with E-state index in [9.17, 15) is 19.8 Å². The highest BCUT2D eigenvalue weighted by atomic mass is 16.6. The second-order valence-corrected chi connectivity index (χ2v) is 8.87. The van der Waals surface area contributed by atoms with E-state index in [0.717, 1.165) is 0 Å². The minimum absolute atomic E-state index is 0.0561. The molecule has 1 aliphatic rings.